The molecule has 0 spiro atoms. The Labute approximate surface area is 180 Å². The van der Waals surface area contributed by atoms with Crippen LogP contribution in [0.5, 0.6) is 0 Å². The van der Waals surface area contributed by atoms with Crippen molar-refractivity contribution in [3.05, 3.63) is 46.5 Å². The average Bonchev–Trinajstić information content (AvgIpc) is 3.05. The molecule has 1 atom stereocenters. The van der Waals surface area contributed by atoms with Gasteiger partial charge in [-0.1, -0.05) is 43.7 Å². The van der Waals surface area contributed by atoms with Crippen LogP contribution >= 0.6 is 11.5 Å². The molecule has 0 aliphatic carbocycles. The predicted molar refractivity (Wildman–Crippen MR) is 118 cm³/mol. The van der Waals surface area contributed by atoms with Crippen LogP contribution in [0.3, 0.4) is 0 Å². The third-order valence-electron chi connectivity index (χ3n) is 4.35. The maximum Gasteiger partial charge on any atom is 0.270 e. The number of nitrogen functional groups attached to an aromatic ring is 1. The standard InChI is InChI=1S/C21H29N5O3S/c1-5-9-14(19(28)24-21(2,3)4)26(12-13-10-7-6-8-11-13)20(29)17-15(22)16(18(23)27)25-30-17/h6-8,10-11,14H,5,9,12,22H2,1-4H3,(H2,23,27)(H,24,28)/t14-/m1/s1. The summed E-state index contributed by atoms with van der Waals surface area (Å²) >= 11 is 0.813. The molecular weight excluding hydrogens is 402 g/mol. The summed E-state index contributed by atoms with van der Waals surface area (Å²) in [6.07, 6.45) is 1.17. The molecule has 0 aliphatic heterocycles. The van der Waals surface area contributed by atoms with Gasteiger partial charge in [0, 0.05) is 12.1 Å². The van der Waals surface area contributed by atoms with Crippen LogP contribution in [0.4, 0.5) is 5.69 Å². The fourth-order valence-electron chi connectivity index (χ4n) is 3.02. The van der Waals surface area contributed by atoms with Gasteiger partial charge in [0.15, 0.2) is 5.69 Å². The summed E-state index contributed by atoms with van der Waals surface area (Å²) in [7, 11) is 0. The first-order valence-electron chi connectivity index (χ1n) is 9.77. The first-order valence-corrected chi connectivity index (χ1v) is 10.5. The highest BCUT2D eigenvalue weighted by Gasteiger charge is 2.34. The number of hydrogen-bond acceptors (Lipinski definition) is 6. The largest absolute Gasteiger partial charge is 0.395 e. The van der Waals surface area contributed by atoms with Gasteiger partial charge in [0.25, 0.3) is 11.8 Å². The molecule has 2 aromatic rings. The molecule has 162 valence electrons. The van der Waals surface area contributed by atoms with Crippen LogP contribution in [0.25, 0.3) is 0 Å². The number of aromatic nitrogens is 1. The quantitative estimate of drug-likeness (QED) is 0.591. The molecule has 8 nitrogen and oxygen atoms in total. The van der Waals surface area contributed by atoms with Gasteiger partial charge in [0.2, 0.25) is 5.91 Å². The maximum absolute atomic E-state index is 13.5. The maximum atomic E-state index is 13.5. The summed E-state index contributed by atoms with van der Waals surface area (Å²) in [5.74, 6) is -1.50. The van der Waals surface area contributed by atoms with Gasteiger partial charge in [-0.3, -0.25) is 14.4 Å². The van der Waals surface area contributed by atoms with Crippen molar-refractivity contribution in [2.45, 2.75) is 58.7 Å². The number of carbonyl (C=O) groups excluding carboxylic acids is 3. The van der Waals surface area contributed by atoms with E-state index in [0.717, 1.165) is 17.1 Å². The van der Waals surface area contributed by atoms with Crippen LogP contribution in [0.15, 0.2) is 30.3 Å². The smallest absolute Gasteiger partial charge is 0.270 e. The zero-order valence-corrected chi connectivity index (χ0v) is 18.6. The summed E-state index contributed by atoms with van der Waals surface area (Å²) < 4.78 is 3.93. The summed E-state index contributed by atoms with van der Waals surface area (Å²) in [5, 5.41) is 2.96. The number of amides is 3. The number of hydrogen-bond donors (Lipinski definition) is 3. The molecule has 1 aromatic heterocycles. The second-order valence-electron chi connectivity index (χ2n) is 8.10. The van der Waals surface area contributed by atoms with Gasteiger partial charge in [-0.05, 0) is 44.3 Å². The number of carbonyl (C=O) groups is 3. The topological polar surface area (TPSA) is 131 Å². The molecule has 5 N–H and O–H groups in total. The minimum atomic E-state index is -0.798. The van der Waals surface area contributed by atoms with Crippen molar-refractivity contribution in [1.82, 2.24) is 14.6 Å². The second-order valence-corrected chi connectivity index (χ2v) is 8.87. The van der Waals surface area contributed by atoms with E-state index in [-0.39, 0.29) is 28.7 Å². The summed E-state index contributed by atoms with van der Waals surface area (Å²) in [5.41, 5.74) is 11.5. The van der Waals surface area contributed by atoms with Crippen molar-refractivity contribution < 1.29 is 14.4 Å². The van der Waals surface area contributed by atoms with E-state index >= 15 is 0 Å². The number of nitrogens with two attached hydrogens (primary N) is 2. The molecule has 0 unspecified atom stereocenters. The van der Waals surface area contributed by atoms with Gasteiger partial charge in [-0.25, -0.2) is 0 Å². The molecule has 2 rings (SSSR count). The zero-order valence-electron chi connectivity index (χ0n) is 17.8. The Morgan fingerprint density at radius 1 is 1.20 bits per heavy atom. The number of benzene rings is 1. The minimum absolute atomic E-state index is 0.0537. The lowest BCUT2D eigenvalue weighted by molar-refractivity contribution is -0.127. The normalized spacial score (nSPS) is 12.3. The van der Waals surface area contributed by atoms with Crippen LogP contribution in [0.1, 0.15) is 66.3 Å². The number of rotatable bonds is 8. The monoisotopic (exact) mass is 431 g/mol. The molecule has 0 saturated heterocycles. The Balaban J connectivity index is 2.48. The summed E-state index contributed by atoms with van der Waals surface area (Å²) in [6.45, 7) is 7.83. The molecule has 0 radical (unpaired) electrons. The highest BCUT2D eigenvalue weighted by Crippen LogP contribution is 2.26. The van der Waals surface area contributed by atoms with Crippen molar-refractivity contribution in [3.8, 4) is 0 Å². The van der Waals surface area contributed by atoms with Gasteiger partial charge in [0.05, 0.1) is 5.69 Å². The first kappa shape index (κ1) is 23.3. The second kappa shape index (κ2) is 9.71. The fraction of sp³-hybridized carbons (Fsp3) is 0.429. The Kier molecular flexibility index (Phi) is 7.55. The van der Waals surface area contributed by atoms with Gasteiger partial charge in [-0.2, -0.15) is 4.37 Å². The van der Waals surface area contributed by atoms with Crippen LogP contribution in [0, 0.1) is 0 Å². The Morgan fingerprint density at radius 2 is 1.83 bits per heavy atom. The highest BCUT2D eigenvalue weighted by molar-refractivity contribution is 7.09. The van der Waals surface area contributed by atoms with E-state index in [0.29, 0.717) is 12.8 Å². The Bertz CT molecular complexity index is 905. The summed E-state index contributed by atoms with van der Waals surface area (Å²) in [6, 6.07) is 8.68. The van der Waals surface area contributed by atoms with E-state index in [1.807, 2.05) is 58.0 Å². The van der Waals surface area contributed by atoms with Crippen molar-refractivity contribution in [1.29, 1.82) is 0 Å². The fourth-order valence-corrected chi connectivity index (χ4v) is 3.78. The molecule has 3 amide bonds. The Morgan fingerprint density at radius 3 is 2.33 bits per heavy atom. The third kappa shape index (κ3) is 5.79. The first-order chi connectivity index (χ1) is 14.0. The highest BCUT2D eigenvalue weighted by atomic mass is 32.1. The SMILES string of the molecule is CCC[C@H](C(=O)NC(C)(C)C)N(Cc1ccccc1)C(=O)c1snc(C(N)=O)c1N. The van der Waals surface area contributed by atoms with Crippen molar-refractivity contribution >= 4 is 34.9 Å². The zero-order chi connectivity index (χ0) is 22.5. The van der Waals surface area contributed by atoms with Gasteiger partial charge < -0.3 is 21.7 Å². The van der Waals surface area contributed by atoms with Crippen LogP contribution in [0.2, 0.25) is 0 Å². The van der Waals surface area contributed by atoms with Crippen LogP contribution in [-0.4, -0.2) is 38.6 Å². The lowest BCUT2D eigenvalue weighted by Gasteiger charge is -2.33. The molecule has 0 fully saturated rings. The number of primary amides is 1. The number of nitrogens with zero attached hydrogens (tertiary/aromatic N) is 2. The molecule has 0 aliphatic rings. The number of nitrogens with one attached hydrogen (secondary N) is 1. The van der Waals surface area contributed by atoms with E-state index in [4.69, 9.17) is 11.5 Å². The van der Waals surface area contributed by atoms with E-state index < -0.39 is 23.4 Å². The molecule has 1 aromatic carbocycles. The molecule has 1 heterocycles. The van der Waals surface area contributed by atoms with Crippen molar-refractivity contribution in [3.63, 3.8) is 0 Å². The molecule has 30 heavy (non-hydrogen) atoms. The van der Waals surface area contributed by atoms with E-state index in [1.54, 1.807) is 0 Å². The van der Waals surface area contributed by atoms with Gasteiger partial charge in [0.1, 0.15) is 10.9 Å². The van der Waals surface area contributed by atoms with Crippen LogP contribution < -0.4 is 16.8 Å². The average molecular weight is 432 g/mol. The summed E-state index contributed by atoms with van der Waals surface area (Å²) in [4.78, 5) is 39.7. The third-order valence-corrected chi connectivity index (χ3v) is 5.20. The molecular formula is C21H29N5O3S. The van der Waals surface area contributed by atoms with E-state index in [9.17, 15) is 14.4 Å². The molecule has 0 saturated carbocycles. The van der Waals surface area contributed by atoms with Crippen molar-refractivity contribution in [2.75, 3.05) is 5.73 Å². The lowest BCUT2D eigenvalue weighted by atomic mass is 10.0. The van der Waals surface area contributed by atoms with Crippen LogP contribution in [-0.2, 0) is 11.3 Å². The van der Waals surface area contributed by atoms with E-state index in [2.05, 4.69) is 9.69 Å². The number of anilines is 1. The lowest BCUT2D eigenvalue weighted by Crippen LogP contribution is -2.53. The van der Waals surface area contributed by atoms with E-state index in [1.165, 1.54) is 4.90 Å². The predicted octanol–water partition coefficient (Wildman–Crippen LogP) is 2.55. The van der Waals surface area contributed by atoms with Gasteiger partial charge >= 0.3 is 0 Å². The molecule has 0 bridgehead atoms. The van der Waals surface area contributed by atoms with Gasteiger partial charge in [-0.15, -0.1) is 0 Å². The minimum Gasteiger partial charge on any atom is -0.395 e. The van der Waals surface area contributed by atoms with Crippen molar-refractivity contribution in [2.24, 2.45) is 5.73 Å². The molecule has 9 heteroatoms. The Hall–Kier alpha value is -2.94.